The zero-order valence-corrected chi connectivity index (χ0v) is 11.0. The second-order valence-electron chi connectivity index (χ2n) is 4.67. The fraction of sp³-hybridized carbons (Fsp3) is 0.133. The summed E-state index contributed by atoms with van der Waals surface area (Å²) in [5.74, 6) is 1.21. The van der Waals surface area contributed by atoms with E-state index in [2.05, 4.69) is 5.10 Å². The van der Waals surface area contributed by atoms with Gasteiger partial charge in [-0.25, -0.2) is 4.39 Å². The highest BCUT2D eigenvalue weighted by molar-refractivity contribution is 5.67. The lowest BCUT2D eigenvalue weighted by Gasteiger charge is -2.01. The quantitative estimate of drug-likeness (QED) is 0.795. The van der Waals surface area contributed by atoms with E-state index in [1.54, 1.807) is 23.0 Å². The van der Waals surface area contributed by atoms with Crippen LogP contribution in [-0.2, 0) is 6.54 Å². The van der Waals surface area contributed by atoms with Gasteiger partial charge in [-0.3, -0.25) is 4.68 Å². The van der Waals surface area contributed by atoms with Crippen LogP contribution in [0, 0.1) is 12.7 Å². The highest BCUT2D eigenvalue weighted by Crippen LogP contribution is 2.26. The molecule has 2 heterocycles. The van der Waals surface area contributed by atoms with Crippen LogP contribution in [0.2, 0.25) is 0 Å². The lowest BCUT2D eigenvalue weighted by molar-refractivity contribution is 0.544. The van der Waals surface area contributed by atoms with E-state index in [-0.39, 0.29) is 5.82 Å². The van der Waals surface area contributed by atoms with Crippen LogP contribution in [-0.4, -0.2) is 9.78 Å². The molecule has 3 aromatic rings. The Morgan fingerprint density at radius 2 is 1.95 bits per heavy atom. The summed E-state index contributed by atoms with van der Waals surface area (Å²) in [5, 5.41) is 4.42. The Morgan fingerprint density at radius 1 is 1.20 bits per heavy atom. The molecule has 3 rings (SSSR count). The van der Waals surface area contributed by atoms with Crippen LogP contribution in [0.15, 0.2) is 47.0 Å². The maximum Gasteiger partial charge on any atom is 0.156 e. The highest BCUT2D eigenvalue weighted by atomic mass is 19.1. The van der Waals surface area contributed by atoms with E-state index in [0.717, 1.165) is 11.3 Å². The van der Waals surface area contributed by atoms with Gasteiger partial charge in [0.25, 0.3) is 0 Å². The number of aromatic nitrogens is 2. The topological polar surface area (TPSA) is 57.0 Å². The van der Waals surface area contributed by atoms with E-state index in [0.29, 0.717) is 23.7 Å². The summed E-state index contributed by atoms with van der Waals surface area (Å²) >= 11 is 0. The van der Waals surface area contributed by atoms with Crippen LogP contribution in [0.25, 0.3) is 11.5 Å². The predicted octanol–water partition coefficient (Wildman–Crippen LogP) is 3.22. The molecule has 0 atom stereocenters. The molecule has 0 saturated heterocycles. The minimum absolute atomic E-state index is 0.250. The number of nitrogens with zero attached hydrogens (tertiary/aromatic N) is 2. The van der Waals surface area contributed by atoms with Crippen LogP contribution >= 0.6 is 0 Å². The Morgan fingerprint density at radius 3 is 2.60 bits per heavy atom. The van der Waals surface area contributed by atoms with E-state index in [1.807, 2.05) is 19.1 Å². The van der Waals surface area contributed by atoms with E-state index in [9.17, 15) is 4.39 Å². The van der Waals surface area contributed by atoms with Gasteiger partial charge in [0.1, 0.15) is 11.6 Å². The van der Waals surface area contributed by atoms with Crippen molar-refractivity contribution in [2.75, 3.05) is 5.73 Å². The largest absolute Gasteiger partial charge is 0.460 e. The number of rotatable bonds is 3. The number of benzene rings is 1. The molecule has 0 spiro atoms. The molecular weight excluding hydrogens is 257 g/mol. The first-order valence-electron chi connectivity index (χ1n) is 6.26. The molecule has 0 unspecified atom stereocenters. The van der Waals surface area contributed by atoms with Crippen molar-refractivity contribution >= 4 is 5.69 Å². The third-order valence-electron chi connectivity index (χ3n) is 3.02. The fourth-order valence-electron chi connectivity index (χ4n) is 2.05. The van der Waals surface area contributed by atoms with Crippen molar-refractivity contribution in [3.05, 3.63) is 59.7 Å². The van der Waals surface area contributed by atoms with Crippen molar-refractivity contribution in [1.29, 1.82) is 0 Å². The van der Waals surface area contributed by atoms with E-state index >= 15 is 0 Å². The molecule has 0 aliphatic carbocycles. The lowest BCUT2D eigenvalue weighted by atomic mass is 10.2. The van der Waals surface area contributed by atoms with Gasteiger partial charge < -0.3 is 10.2 Å². The van der Waals surface area contributed by atoms with Crippen molar-refractivity contribution < 1.29 is 8.81 Å². The summed E-state index contributed by atoms with van der Waals surface area (Å²) in [5.41, 5.74) is 8.09. The first-order valence-corrected chi connectivity index (χ1v) is 6.26. The number of hydrogen-bond acceptors (Lipinski definition) is 3. The SMILES string of the molecule is Cc1ccc(-c2nn(Cc3ccc(F)cc3)cc2N)o1. The molecule has 0 saturated carbocycles. The van der Waals surface area contributed by atoms with Crippen LogP contribution in [0.1, 0.15) is 11.3 Å². The van der Waals surface area contributed by atoms with Gasteiger partial charge >= 0.3 is 0 Å². The molecule has 2 aromatic heterocycles. The standard InChI is InChI=1S/C15H14FN3O/c1-10-2-7-14(20-10)15-13(17)9-19(18-15)8-11-3-5-12(16)6-4-11/h2-7,9H,8,17H2,1H3. The molecule has 0 fully saturated rings. The Balaban J connectivity index is 1.87. The lowest BCUT2D eigenvalue weighted by Crippen LogP contribution is -2.00. The number of halogens is 1. The summed E-state index contributed by atoms with van der Waals surface area (Å²) in [7, 11) is 0. The van der Waals surface area contributed by atoms with Gasteiger partial charge in [-0.1, -0.05) is 12.1 Å². The second kappa shape index (κ2) is 4.85. The molecule has 5 heteroatoms. The maximum atomic E-state index is 12.9. The van der Waals surface area contributed by atoms with Gasteiger partial charge in [0, 0.05) is 6.20 Å². The smallest absolute Gasteiger partial charge is 0.156 e. The summed E-state index contributed by atoms with van der Waals surface area (Å²) in [4.78, 5) is 0. The average molecular weight is 271 g/mol. The monoisotopic (exact) mass is 271 g/mol. The molecule has 0 bridgehead atoms. The molecule has 0 radical (unpaired) electrons. The van der Waals surface area contributed by atoms with Gasteiger partial charge in [-0.15, -0.1) is 0 Å². The Labute approximate surface area is 115 Å². The fourth-order valence-corrected chi connectivity index (χ4v) is 2.05. The molecule has 1 aromatic carbocycles. The van der Waals surface area contributed by atoms with Gasteiger partial charge in [-0.2, -0.15) is 5.10 Å². The third-order valence-corrected chi connectivity index (χ3v) is 3.02. The number of anilines is 1. The van der Waals surface area contributed by atoms with E-state index in [1.165, 1.54) is 12.1 Å². The van der Waals surface area contributed by atoms with Crippen molar-refractivity contribution in [2.24, 2.45) is 0 Å². The second-order valence-corrected chi connectivity index (χ2v) is 4.67. The van der Waals surface area contributed by atoms with Crippen LogP contribution in [0.3, 0.4) is 0 Å². The predicted molar refractivity (Wildman–Crippen MR) is 74.6 cm³/mol. The van der Waals surface area contributed by atoms with E-state index < -0.39 is 0 Å². The minimum atomic E-state index is -0.250. The summed E-state index contributed by atoms with van der Waals surface area (Å²) < 4.78 is 20.1. The summed E-state index contributed by atoms with van der Waals surface area (Å²) in [6.07, 6.45) is 1.75. The number of nitrogens with two attached hydrogens (primary N) is 1. The average Bonchev–Trinajstić information content (AvgIpc) is 2.98. The molecular formula is C15H14FN3O. The number of aryl methyl sites for hydroxylation is 1. The highest BCUT2D eigenvalue weighted by Gasteiger charge is 2.12. The van der Waals surface area contributed by atoms with Crippen molar-refractivity contribution in [3.63, 3.8) is 0 Å². The molecule has 20 heavy (non-hydrogen) atoms. The Bertz CT molecular complexity index is 728. The number of furan rings is 1. The summed E-state index contributed by atoms with van der Waals surface area (Å²) in [6, 6.07) is 10.0. The van der Waals surface area contributed by atoms with Crippen LogP contribution < -0.4 is 5.73 Å². The molecule has 0 amide bonds. The molecule has 4 nitrogen and oxygen atoms in total. The molecule has 2 N–H and O–H groups in total. The Hall–Kier alpha value is -2.56. The first-order chi connectivity index (χ1) is 9.61. The number of nitrogen functional groups attached to an aromatic ring is 1. The van der Waals surface area contributed by atoms with Gasteiger partial charge in [-0.05, 0) is 36.8 Å². The zero-order chi connectivity index (χ0) is 14.1. The minimum Gasteiger partial charge on any atom is -0.460 e. The van der Waals surface area contributed by atoms with Crippen LogP contribution in [0.4, 0.5) is 10.1 Å². The van der Waals surface area contributed by atoms with Gasteiger partial charge in [0.15, 0.2) is 11.5 Å². The first kappa shape index (κ1) is 12.5. The van der Waals surface area contributed by atoms with Gasteiger partial charge in [0.2, 0.25) is 0 Å². The molecule has 0 aliphatic rings. The van der Waals surface area contributed by atoms with Crippen LogP contribution in [0.5, 0.6) is 0 Å². The van der Waals surface area contributed by atoms with E-state index in [4.69, 9.17) is 10.2 Å². The molecule has 0 aliphatic heterocycles. The summed E-state index contributed by atoms with van der Waals surface area (Å²) in [6.45, 7) is 2.40. The van der Waals surface area contributed by atoms with Gasteiger partial charge in [0.05, 0.1) is 12.2 Å². The van der Waals surface area contributed by atoms with Crippen molar-refractivity contribution in [1.82, 2.24) is 9.78 Å². The zero-order valence-electron chi connectivity index (χ0n) is 11.0. The third kappa shape index (κ3) is 2.42. The maximum absolute atomic E-state index is 12.9. The Kier molecular flexibility index (Phi) is 3.02. The molecule has 102 valence electrons. The normalized spacial score (nSPS) is 10.9. The van der Waals surface area contributed by atoms with Crippen molar-refractivity contribution in [3.8, 4) is 11.5 Å². The number of hydrogen-bond donors (Lipinski definition) is 1. The van der Waals surface area contributed by atoms with Crippen molar-refractivity contribution in [2.45, 2.75) is 13.5 Å².